The van der Waals surface area contributed by atoms with Gasteiger partial charge in [0.2, 0.25) is 11.8 Å². The van der Waals surface area contributed by atoms with Gasteiger partial charge >= 0.3 is 5.56 Å². The highest BCUT2D eigenvalue weighted by atomic mass is 16.5. The van der Waals surface area contributed by atoms with Gasteiger partial charge in [-0.15, -0.1) is 4.52 Å². The van der Waals surface area contributed by atoms with Crippen molar-refractivity contribution < 1.29 is 9.15 Å². The van der Waals surface area contributed by atoms with Crippen molar-refractivity contribution >= 4 is 22.6 Å². The van der Waals surface area contributed by atoms with E-state index in [1.807, 2.05) is 30.3 Å². The van der Waals surface area contributed by atoms with Crippen LogP contribution in [0.4, 0.5) is 5.82 Å². The van der Waals surface area contributed by atoms with Crippen molar-refractivity contribution in [3.63, 3.8) is 0 Å². The number of rotatable bonds is 3. The molecule has 5 aromatic rings. The summed E-state index contributed by atoms with van der Waals surface area (Å²) in [7, 11) is 1.49. The lowest BCUT2D eigenvalue weighted by atomic mass is 10.1. The Morgan fingerprint density at radius 1 is 1.17 bits per heavy atom. The first-order chi connectivity index (χ1) is 14.6. The molecule has 9 nitrogen and oxygen atoms in total. The van der Waals surface area contributed by atoms with Crippen LogP contribution in [-0.4, -0.2) is 31.7 Å². The Balaban J connectivity index is 1.80. The SMILES string of the molecule is [C-]#[N+]c1[nH]n2c(=O)c(-c3nc4c(OC)nccc4o3)c(C)nc2c1-c1ccccc1. The first kappa shape index (κ1) is 17.6. The van der Waals surface area contributed by atoms with Gasteiger partial charge in [0, 0.05) is 12.3 Å². The zero-order chi connectivity index (χ0) is 20.8. The predicted octanol–water partition coefficient (Wildman–Crippen LogP) is 3.76. The first-order valence-electron chi connectivity index (χ1n) is 9.00. The van der Waals surface area contributed by atoms with Gasteiger partial charge in [-0.2, -0.15) is 0 Å². The van der Waals surface area contributed by atoms with Gasteiger partial charge in [-0.25, -0.2) is 20.1 Å². The maximum atomic E-state index is 13.3. The molecule has 0 bridgehead atoms. The van der Waals surface area contributed by atoms with Crippen molar-refractivity contribution in [3.05, 3.63) is 70.1 Å². The van der Waals surface area contributed by atoms with Crippen LogP contribution in [-0.2, 0) is 0 Å². The number of fused-ring (bicyclic) bond motifs is 2. The molecule has 0 saturated carbocycles. The summed E-state index contributed by atoms with van der Waals surface area (Å²) in [4.78, 5) is 30.0. The minimum absolute atomic E-state index is 0.112. The summed E-state index contributed by atoms with van der Waals surface area (Å²) in [5.41, 5.74) is 2.81. The summed E-state index contributed by atoms with van der Waals surface area (Å²) in [5.74, 6) is 0.641. The normalized spacial score (nSPS) is 11.1. The fourth-order valence-corrected chi connectivity index (χ4v) is 3.45. The summed E-state index contributed by atoms with van der Waals surface area (Å²) in [6.45, 7) is 9.23. The molecule has 30 heavy (non-hydrogen) atoms. The zero-order valence-electron chi connectivity index (χ0n) is 16.0. The van der Waals surface area contributed by atoms with E-state index in [2.05, 4.69) is 24.9 Å². The van der Waals surface area contributed by atoms with Crippen LogP contribution in [0.3, 0.4) is 0 Å². The summed E-state index contributed by atoms with van der Waals surface area (Å²) in [6, 6.07) is 11.0. The molecule has 0 amide bonds. The van der Waals surface area contributed by atoms with Crippen LogP contribution in [0.15, 0.2) is 51.8 Å². The van der Waals surface area contributed by atoms with E-state index in [9.17, 15) is 4.79 Å². The number of benzene rings is 1. The second-order valence-corrected chi connectivity index (χ2v) is 6.54. The van der Waals surface area contributed by atoms with E-state index < -0.39 is 5.56 Å². The third-order valence-electron chi connectivity index (χ3n) is 4.80. The summed E-state index contributed by atoms with van der Waals surface area (Å²) in [5, 5.41) is 2.86. The van der Waals surface area contributed by atoms with Gasteiger partial charge in [-0.05, 0) is 12.5 Å². The van der Waals surface area contributed by atoms with E-state index in [0.717, 1.165) is 5.56 Å². The van der Waals surface area contributed by atoms with Gasteiger partial charge in [-0.3, -0.25) is 4.79 Å². The largest absolute Gasteiger partial charge is 0.479 e. The van der Waals surface area contributed by atoms with Gasteiger partial charge in [-0.1, -0.05) is 36.9 Å². The topological polar surface area (TPSA) is 103 Å². The fourth-order valence-electron chi connectivity index (χ4n) is 3.45. The summed E-state index contributed by atoms with van der Waals surface area (Å²) < 4.78 is 12.3. The van der Waals surface area contributed by atoms with Crippen molar-refractivity contribution in [2.24, 2.45) is 0 Å². The van der Waals surface area contributed by atoms with E-state index in [1.54, 1.807) is 13.0 Å². The van der Waals surface area contributed by atoms with Crippen LogP contribution in [0.2, 0.25) is 0 Å². The molecule has 9 heteroatoms. The molecule has 0 unspecified atom stereocenters. The van der Waals surface area contributed by atoms with E-state index in [4.69, 9.17) is 15.7 Å². The second kappa shape index (κ2) is 6.56. The number of aromatic amines is 1. The van der Waals surface area contributed by atoms with E-state index >= 15 is 0 Å². The van der Waals surface area contributed by atoms with Crippen molar-refractivity contribution in [3.8, 4) is 28.5 Å². The Kier molecular flexibility index (Phi) is 3.86. The number of hydrogen-bond acceptors (Lipinski definition) is 6. The van der Waals surface area contributed by atoms with Gasteiger partial charge in [0.1, 0.15) is 5.56 Å². The lowest BCUT2D eigenvalue weighted by Crippen LogP contribution is -2.19. The maximum Gasteiger partial charge on any atom is 0.301 e. The lowest BCUT2D eigenvalue weighted by Gasteiger charge is -2.03. The molecule has 0 aliphatic rings. The number of aryl methyl sites for hydroxylation is 1. The third-order valence-corrected chi connectivity index (χ3v) is 4.80. The van der Waals surface area contributed by atoms with Crippen LogP contribution < -0.4 is 10.3 Å². The molecule has 0 fully saturated rings. The van der Waals surface area contributed by atoms with Crippen LogP contribution >= 0.6 is 0 Å². The summed E-state index contributed by atoms with van der Waals surface area (Å²) in [6.07, 6.45) is 1.54. The van der Waals surface area contributed by atoms with Crippen LogP contribution in [0.1, 0.15) is 5.69 Å². The molecule has 0 aliphatic heterocycles. The number of aromatic nitrogens is 5. The zero-order valence-corrected chi connectivity index (χ0v) is 16.0. The van der Waals surface area contributed by atoms with E-state index in [1.165, 1.54) is 17.8 Å². The molecule has 0 radical (unpaired) electrons. The molecule has 4 heterocycles. The monoisotopic (exact) mass is 398 g/mol. The number of hydrogen-bond donors (Lipinski definition) is 1. The molecule has 146 valence electrons. The highest BCUT2D eigenvalue weighted by Gasteiger charge is 2.24. The Morgan fingerprint density at radius 2 is 1.97 bits per heavy atom. The standard InChI is InChI=1S/C21H14N6O3/c1-11-14(19-25-16-13(30-19)9-10-23-20(16)29-3)21(28)27-18(24-11)15(17(22-2)26-27)12-7-5-4-6-8-12/h4-10,26H,1,3H3. The number of ether oxygens (including phenoxy) is 1. The smallest absolute Gasteiger partial charge is 0.301 e. The van der Waals surface area contributed by atoms with E-state index in [-0.39, 0.29) is 17.3 Å². The Labute approximate surface area is 169 Å². The molecular formula is C21H14N6O3. The number of oxazole rings is 1. The predicted molar refractivity (Wildman–Crippen MR) is 110 cm³/mol. The number of pyridine rings is 1. The fraction of sp³-hybridized carbons (Fsp3) is 0.0952. The van der Waals surface area contributed by atoms with Crippen molar-refractivity contribution in [2.75, 3.05) is 7.11 Å². The molecule has 4 aromatic heterocycles. The van der Waals surface area contributed by atoms with Gasteiger partial charge in [0.25, 0.3) is 5.82 Å². The highest BCUT2D eigenvalue weighted by Crippen LogP contribution is 2.34. The van der Waals surface area contributed by atoms with Crippen molar-refractivity contribution in [2.45, 2.75) is 6.92 Å². The third kappa shape index (κ3) is 2.48. The van der Waals surface area contributed by atoms with Crippen LogP contribution in [0, 0.1) is 13.5 Å². The summed E-state index contributed by atoms with van der Waals surface area (Å²) >= 11 is 0. The molecule has 0 atom stereocenters. The van der Waals surface area contributed by atoms with Crippen molar-refractivity contribution in [1.29, 1.82) is 0 Å². The minimum Gasteiger partial charge on any atom is -0.479 e. The molecule has 0 saturated heterocycles. The van der Waals surface area contributed by atoms with Gasteiger partial charge in [0.15, 0.2) is 16.7 Å². The molecular weight excluding hydrogens is 384 g/mol. The average Bonchev–Trinajstić information content (AvgIpc) is 3.35. The average molecular weight is 398 g/mol. The Bertz CT molecular complexity index is 1520. The number of nitrogens with one attached hydrogen (secondary N) is 1. The Hall–Kier alpha value is -4.45. The van der Waals surface area contributed by atoms with E-state index in [0.29, 0.717) is 33.9 Å². The van der Waals surface area contributed by atoms with Crippen LogP contribution in [0.5, 0.6) is 5.88 Å². The molecule has 1 N–H and O–H groups in total. The number of nitrogens with zero attached hydrogens (tertiary/aromatic N) is 5. The number of H-pyrrole nitrogens is 1. The molecule has 0 aliphatic carbocycles. The highest BCUT2D eigenvalue weighted by molar-refractivity contribution is 5.88. The molecule has 5 rings (SSSR count). The minimum atomic E-state index is -0.414. The Morgan fingerprint density at radius 3 is 2.70 bits per heavy atom. The maximum absolute atomic E-state index is 13.3. The van der Waals surface area contributed by atoms with Gasteiger partial charge < -0.3 is 14.0 Å². The van der Waals surface area contributed by atoms with Gasteiger partial charge in [0.05, 0.1) is 18.4 Å². The second-order valence-electron chi connectivity index (χ2n) is 6.54. The van der Waals surface area contributed by atoms with Crippen LogP contribution in [0.25, 0.3) is 44.2 Å². The lowest BCUT2D eigenvalue weighted by molar-refractivity contribution is 0.402. The molecule has 0 spiro atoms. The number of methoxy groups -OCH3 is 1. The first-order valence-corrected chi connectivity index (χ1v) is 9.00. The quantitative estimate of drug-likeness (QED) is 0.464. The molecule has 1 aromatic carbocycles. The van der Waals surface area contributed by atoms with Crippen molar-refractivity contribution in [1.82, 2.24) is 24.6 Å².